The number of nitrogens with two attached hydrogens (primary N) is 1. The van der Waals surface area contributed by atoms with Crippen LogP contribution < -0.4 is 5.73 Å². The van der Waals surface area contributed by atoms with Gasteiger partial charge in [0.1, 0.15) is 0 Å². The molecule has 0 saturated heterocycles. The van der Waals surface area contributed by atoms with E-state index in [0.717, 1.165) is 25.7 Å². The smallest absolute Gasteiger partial charge is 0.0410 e. The first-order valence-electron chi connectivity index (χ1n) is 5.42. The van der Waals surface area contributed by atoms with E-state index in [1.807, 2.05) is 24.5 Å². The first-order valence-corrected chi connectivity index (χ1v) is 5.42. The van der Waals surface area contributed by atoms with Gasteiger partial charge in [0.15, 0.2) is 0 Å². The number of hydrogen-bond acceptors (Lipinski definition) is 2. The second-order valence-corrected chi connectivity index (χ2v) is 3.89. The van der Waals surface area contributed by atoms with E-state index >= 15 is 0 Å². The molecule has 0 aliphatic heterocycles. The monoisotopic (exact) mass is 192 g/mol. The lowest BCUT2D eigenvalue weighted by atomic mass is 9.83. The van der Waals surface area contributed by atoms with Gasteiger partial charge in [0, 0.05) is 17.9 Å². The Morgan fingerprint density at radius 3 is 2.07 bits per heavy atom. The van der Waals surface area contributed by atoms with Gasteiger partial charge in [0.05, 0.1) is 0 Å². The van der Waals surface area contributed by atoms with Gasteiger partial charge >= 0.3 is 0 Å². The van der Waals surface area contributed by atoms with Crippen LogP contribution in [0.5, 0.6) is 0 Å². The second-order valence-electron chi connectivity index (χ2n) is 3.89. The summed E-state index contributed by atoms with van der Waals surface area (Å²) in [6.07, 6.45) is 7.98. The normalized spacial score (nSPS) is 11.6. The molecule has 14 heavy (non-hydrogen) atoms. The first kappa shape index (κ1) is 11.2. The third-order valence-corrected chi connectivity index (χ3v) is 2.65. The van der Waals surface area contributed by atoms with Crippen LogP contribution in [-0.2, 0) is 5.54 Å². The standard InChI is InChI=1S/C12H20N2/c1-3-7-12(13,8-4-2)11-5-9-14-10-6-11/h5-6,9-10H,3-4,7-8,13H2,1-2H3. The molecular weight excluding hydrogens is 172 g/mol. The maximum Gasteiger partial charge on any atom is 0.0410 e. The van der Waals surface area contributed by atoms with Crippen molar-refractivity contribution in [2.24, 2.45) is 5.73 Å². The molecule has 0 radical (unpaired) electrons. The summed E-state index contributed by atoms with van der Waals surface area (Å²) in [5.41, 5.74) is 7.48. The van der Waals surface area contributed by atoms with Crippen LogP contribution in [0.25, 0.3) is 0 Å². The van der Waals surface area contributed by atoms with Crippen LogP contribution in [0.4, 0.5) is 0 Å². The molecule has 0 spiro atoms. The Bertz CT molecular complexity index is 250. The largest absolute Gasteiger partial charge is 0.321 e. The highest BCUT2D eigenvalue weighted by Crippen LogP contribution is 2.27. The Morgan fingerprint density at radius 1 is 1.14 bits per heavy atom. The summed E-state index contributed by atoms with van der Waals surface area (Å²) in [6, 6.07) is 4.07. The SMILES string of the molecule is CCCC(N)(CCC)c1ccncc1. The average molecular weight is 192 g/mol. The van der Waals surface area contributed by atoms with E-state index in [2.05, 4.69) is 18.8 Å². The van der Waals surface area contributed by atoms with Crippen LogP contribution in [0.3, 0.4) is 0 Å². The zero-order chi connectivity index (χ0) is 10.4. The molecule has 1 rings (SSSR count). The molecule has 0 atom stereocenters. The molecule has 0 aliphatic carbocycles. The molecule has 1 aromatic heterocycles. The molecule has 2 N–H and O–H groups in total. The van der Waals surface area contributed by atoms with Crippen LogP contribution in [0, 0.1) is 0 Å². The van der Waals surface area contributed by atoms with Crippen molar-refractivity contribution in [3.63, 3.8) is 0 Å². The summed E-state index contributed by atoms with van der Waals surface area (Å²) >= 11 is 0. The van der Waals surface area contributed by atoms with Gasteiger partial charge in [-0.2, -0.15) is 0 Å². The minimum atomic E-state index is -0.146. The summed E-state index contributed by atoms with van der Waals surface area (Å²) in [7, 11) is 0. The van der Waals surface area contributed by atoms with E-state index in [-0.39, 0.29) is 5.54 Å². The third kappa shape index (κ3) is 2.55. The van der Waals surface area contributed by atoms with Crippen molar-refractivity contribution >= 4 is 0 Å². The summed E-state index contributed by atoms with van der Waals surface area (Å²) in [6.45, 7) is 4.36. The highest BCUT2D eigenvalue weighted by molar-refractivity contribution is 5.20. The molecule has 0 aromatic carbocycles. The number of aromatic nitrogens is 1. The summed E-state index contributed by atoms with van der Waals surface area (Å²) in [4.78, 5) is 4.02. The molecule has 1 heterocycles. The van der Waals surface area contributed by atoms with E-state index in [1.165, 1.54) is 5.56 Å². The molecule has 0 unspecified atom stereocenters. The van der Waals surface area contributed by atoms with Crippen LogP contribution >= 0.6 is 0 Å². The van der Waals surface area contributed by atoms with E-state index < -0.39 is 0 Å². The van der Waals surface area contributed by atoms with Crippen molar-refractivity contribution in [2.45, 2.75) is 45.1 Å². The lowest BCUT2D eigenvalue weighted by Gasteiger charge is -2.29. The van der Waals surface area contributed by atoms with Gasteiger partial charge in [-0.1, -0.05) is 26.7 Å². The Labute approximate surface area is 86.5 Å². The van der Waals surface area contributed by atoms with E-state index in [1.54, 1.807) is 0 Å². The molecule has 0 amide bonds. The molecule has 2 nitrogen and oxygen atoms in total. The van der Waals surface area contributed by atoms with Gasteiger partial charge in [-0.15, -0.1) is 0 Å². The van der Waals surface area contributed by atoms with Crippen LogP contribution in [-0.4, -0.2) is 4.98 Å². The fraction of sp³-hybridized carbons (Fsp3) is 0.583. The molecule has 2 heteroatoms. The second kappa shape index (κ2) is 5.11. The number of hydrogen-bond donors (Lipinski definition) is 1. The minimum Gasteiger partial charge on any atom is -0.321 e. The van der Waals surface area contributed by atoms with Gasteiger partial charge < -0.3 is 5.73 Å². The zero-order valence-electron chi connectivity index (χ0n) is 9.16. The van der Waals surface area contributed by atoms with Gasteiger partial charge in [-0.3, -0.25) is 4.98 Å². The lowest BCUT2D eigenvalue weighted by molar-refractivity contribution is 0.369. The predicted octanol–water partition coefficient (Wildman–Crippen LogP) is 2.84. The predicted molar refractivity (Wildman–Crippen MR) is 59.9 cm³/mol. The van der Waals surface area contributed by atoms with Crippen molar-refractivity contribution < 1.29 is 0 Å². The molecule has 0 saturated carbocycles. The Hall–Kier alpha value is -0.890. The van der Waals surface area contributed by atoms with Crippen LogP contribution in [0.15, 0.2) is 24.5 Å². The fourth-order valence-corrected chi connectivity index (χ4v) is 1.99. The summed E-state index contributed by atoms with van der Waals surface area (Å²) < 4.78 is 0. The van der Waals surface area contributed by atoms with Gasteiger partial charge in [-0.25, -0.2) is 0 Å². The van der Waals surface area contributed by atoms with Crippen LogP contribution in [0.1, 0.15) is 45.1 Å². The molecule has 0 bridgehead atoms. The van der Waals surface area contributed by atoms with Crippen molar-refractivity contribution in [1.82, 2.24) is 4.98 Å². The lowest BCUT2D eigenvalue weighted by Crippen LogP contribution is -2.36. The summed E-state index contributed by atoms with van der Waals surface area (Å²) in [5.74, 6) is 0. The van der Waals surface area contributed by atoms with E-state index in [4.69, 9.17) is 5.73 Å². The molecular formula is C12H20N2. The van der Waals surface area contributed by atoms with Crippen molar-refractivity contribution in [1.29, 1.82) is 0 Å². The average Bonchev–Trinajstić information content (AvgIpc) is 2.20. The maximum absolute atomic E-state index is 6.41. The quantitative estimate of drug-likeness (QED) is 0.779. The molecule has 0 fully saturated rings. The zero-order valence-corrected chi connectivity index (χ0v) is 9.16. The topological polar surface area (TPSA) is 38.9 Å². The number of nitrogens with zero attached hydrogens (tertiary/aromatic N) is 1. The number of pyridine rings is 1. The van der Waals surface area contributed by atoms with Gasteiger partial charge in [0.2, 0.25) is 0 Å². The van der Waals surface area contributed by atoms with Gasteiger partial charge in [-0.05, 0) is 30.5 Å². The van der Waals surface area contributed by atoms with E-state index in [0.29, 0.717) is 0 Å². The van der Waals surface area contributed by atoms with Crippen molar-refractivity contribution in [2.75, 3.05) is 0 Å². The van der Waals surface area contributed by atoms with Crippen molar-refractivity contribution in [3.05, 3.63) is 30.1 Å². The van der Waals surface area contributed by atoms with Gasteiger partial charge in [0.25, 0.3) is 0 Å². The highest BCUT2D eigenvalue weighted by Gasteiger charge is 2.24. The van der Waals surface area contributed by atoms with Crippen molar-refractivity contribution in [3.8, 4) is 0 Å². The number of rotatable bonds is 5. The minimum absolute atomic E-state index is 0.146. The third-order valence-electron chi connectivity index (χ3n) is 2.65. The summed E-state index contributed by atoms with van der Waals surface area (Å²) in [5, 5.41) is 0. The highest BCUT2D eigenvalue weighted by atomic mass is 14.7. The Morgan fingerprint density at radius 2 is 1.64 bits per heavy atom. The first-order chi connectivity index (χ1) is 6.73. The molecule has 0 aliphatic rings. The van der Waals surface area contributed by atoms with E-state index in [9.17, 15) is 0 Å². The van der Waals surface area contributed by atoms with Crippen LogP contribution in [0.2, 0.25) is 0 Å². The molecule has 78 valence electrons. The Kier molecular flexibility index (Phi) is 4.08. The fourth-order valence-electron chi connectivity index (χ4n) is 1.99. The Balaban J connectivity index is 2.87. The molecule has 1 aromatic rings. The maximum atomic E-state index is 6.41.